The van der Waals surface area contributed by atoms with Crippen molar-refractivity contribution in [2.75, 3.05) is 5.32 Å². The molecule has 0 bridgehead atoms. The highest BCUT2D eigenvalue weighted by Crippen LogP contribution is 2.32. The summed E-state index contributed by atoms with van der Waals surface area (Å²) in [4.78, 5) is 16.5. The van der Waals surface area contributed by atoms with Crippen LogP contribution >= 0.6 is 0 Å². The van der Waals surface area contributed by atoms with Crippen LogP contribution in [0.4, 0.5) is 5.69 Å². The van der Waals surface area contributed by atoms with E-state index in [-0.39, 0.29) is 5.91 Å². The molecule has 1 aromatic heterocycles. The molecule has 0 atom stereocenters. The summed E-state index contributed by atoms with van der Waals surface area (Å²) >= 11 is 0. The zero-order chi connectivity index (χ0) is 14.2. The van der Waals surface area contributed by atoms with Crippen molar-refractivity contribution in [1.29, 1.82) is 0 Å². The second kappa shape index (κ2) is 4.56. The fourth-order valence-corrected chi connectivity index (χ4v) is 2.62. The maximum Gasteiger partial charge on any atom is 0.256 e. The Bertz CT molecular complexity index is 896. The van der Waals surface area contributed by atoms with E-state index in [0.29, 0.717) is 5.57 Å². The molecular weight excluding hydrogens is 260 g/mol. The molecule has 0 saturated carbocycles. The molecule has 2 heterocycles. The van der Waals surface area contributed by atoms with Gasteiger partial charge in [-0.2, -0.15) is 0 Å². The van der Waals surface area contributed by atoms with Crippen molar-refractivity contribution >= 4 is 34.1 Å². The average molecular weight is 272 g/mol. The summed E-state index contributed by atoms with van der Waals surface area (Å²) in [5.74, 6) is -0.0654. The maximum atomic E-state index is 12.1. The molecule has 3 heteroatoms. The van der Waals surface area contributed by atoms with E-state index >= 15 is 0 Å². The maximum absolute atomic E-state index is 12.1. The van der Waals surface area contributed by atoms with Crippen molar-refractivity contribution in [3.63, 3.8) is 0 Å². The Hall–Kier alpha value is -2.94. The average Bonchev–Trinajstić information content (AvgIpc) is 2.83. The normalized spacial score (nSPS) is 15.2. The number of nitrogens with one attached hydrogen (secondary N) is 1. The van der Waals surface area contributed by atoms with Gasteiger partial charge in [-0.05, 0) is 29.8 Å². The third-order valence-electron chi connectivity index (χ3n) is 3.63. The SMILES string of the molecule is O=C1Nc2ccccc2/C1=C\c1cnc2ccccc2c1. The van der Waals surface area contributed by atoms with E-state index in [9.17, 15) is 4.79 Å². The van der Waals surface area contributed by atoms with Crippen molar-refractivity contribution in [2.45, 2.75) is 0 Å². The summed E-state index contributed by atoms with van der Waals surface area (Å²) in [5.41, 5.74) is 4.37. The summed E-state index contributed by atoms with van der Waals surface area (Å²) in [5, 5.41) is 3.95. The molecule has 3 aromatic rings. The number of pyridine rings is 1. The number of hydrogen-bond acceptors (Lipinski definition) is 2. The van der Waals surface area contributed by atoms with Crippen LogP contribution in [0.2, 0.25) is 0 Å². The number of nitrogens with zero attached hydrogens (tertiary/aromatic N) is 1. The molecule has 100 valence electrons. The van der Waals surface area contributed by atoms with Gasteiger partial charge in [0.1, 0.15) is 0 Å². The standard InChI is InChI=1S/C18H12N2O/c21-18-15(14-6-2-4-8-17(14)20-18)10-12-9-13-5-1-3-7-16(13)19-11-12/h1-11H,(H,20,21)/b15-10+. The summed E-state index contributed by atoms with van der Waals surface area (Å²) in [6.45, 7) is 0. The van der Waals surface area contributed by atoms with Crippen LogP contribution in [-0.4, -0.2) is 10.9 Å². The number of anilines is 1. The lowest BCUT2D eigenvalue weighted by Crippen LogP contribution is -2.03. The van der Waals surface area contributed by atoms with Crippen LogP contribution in [0.15, 0.2) is 60.8 Å². The molecule has 2 aromatic carbocycles. The van der Waals surface area contributed by atoms with E-state index < -0.39 is 0 Å². The van der Waals surface area contributed by atoms with Gasteiger partial charge in [0, 0.05) is 28.4 Å². The molecule has 1 amide bonds. The van der Waals surface area contributed by atoms with E-state index in [1.165, 1.54) is 0 Å². The summed E-state index contributed by atoms with van der Waals surface area (Å²) in [7, 11) is 0. The summed E-state index contributed by atoms with van der Waals surface area (Å²) < 4.78 is 0. The van der Waals surface area contributed by atoms with E-state index in [0.717, 1.165) is 27.7 Å². The number of rotatable bonds is 1. The smallest absolute Gasteiger partial charge is 0.256 e. The largest absolute Gasteiger partial charge is 0.321 e. The van der Waals surface area contributed by atoms with Crippen LogP contribution in [-0.2, 0) is 4.79 Å². The quantitative estimate of drug-likeness (QED) is 0.686. The molecule has 0 spiro atoms. The van der Waals surface area contributed by atoms with Crippen LogP contribution in [0.25, 0.3) is 22.6 Å². The number of carbonyl (C=O) groups excluding carboxylic acids is 1. The van der Waals surface area contributed by atoms with Gasteiger partial charge in [0.25, 0.3) is 5.91 Å². The highest BCUT2D eigenvalue weighted by atomic mass is 16.2. The van der Waals surface area contributed by atoms with Crippen LogP contribution < -0.4 is 5.32 Å². The molecule has 21 heavy (non-hydrogen) atoms. The molecule has 1 aliphatic rings. The highest BCUT2D eigenvalue weighted by molar-refractivity contribution is 6.34. The van der Waals surface area contributed by atoms with Gasteiger partial charge in [0.2, 0.25) is 0 Å². The predicted molar refractivity (Wildman–Crippen MR) is 84.7 cm³/mol. The Balaban J connectivity index is 1.84. The first-order valence-corrected chi connectivity index (χ1v) is 6.78. The minimum atomic E-state index is -0.0654. The predicted octanol–water partition coefficient (Wildman–Crippen LogP) is 3.73. The first-order chi connectivity index (χ1) is 10.3. The lowest BCUT2D eigenvalue weighted by atomic mass is 10.0. The topological polar surface area (TPSA) is 42.0 Å². The highest BCUT2D eigenvalue weighted by Gasteiger charge is 2.23. The van der Waals surface area contributed by atoms with Crippen molar-refractivity contribution in [3.05, 3.63) is 71.9 Å². The van der Waals surface area contributed by atoms with Gasteiger partial charge in [0.05, 0.1) is 5.52 Å². The van der Waals surface area contributed by atoms with Crippen molar-refractivity contribution in [3.8, 4) is 0 Å². The monoisotopic (exact) mass is 272 g/mol. The Labute approximate surface area is 122 Å². The molecular formula is C18H12N2O. The molecule has 0 fully saturated rings. The van der Waals surface area contributed by atoms with Crippen LogP contribution in [0.3, 0.4) is 0 Å². The first-order valence-electron chi connectivity index (χ1n) is 6.78. The number of fused-ring (bicyclic) bond motifs is 2. The zero-order valence-corrected chi connectivity index (χ0v) is 11.2. The fourth-order valence-electron chi connectivity index (χ4n) is 2.62. The van der Waals surface area contributed by atoms with Gasteiger partial charge < -0.3 is 5.32 Å². The molecule has 1 N–H and O–H groups in total. The minimum Gasteiger partial charge on any atom is -0.321 e. The van der Waals surface area contributed by atoms with Crippen molar-refractivity contribution in [2.24, 2.45) is 0 Å². The third-order valence-corrected chi connectivity index (χ3v) is 3.63. The fraction of sp³-hybridized carbons (Fsp3) is 0. The van der Waals surface area contributed by atoms with E-state index in [2.05, 4.69) is 10.3 Å². The summed E-state index contributed by atoms with van der Waals surface area (Å²) in [6.07, 6.45) is 3.68. The minimum absolute atomic E-state index is 0.0654. The molecule has 4 rings (SSSR count). The third kappa shape index (κ3) is 1.99. The molecule has 0 saturated heterocycles. The Morgan fingerprint density at radius 2 is 1.81 bits per heavy atom. The lowest BCUT2D eigenvalue weighted by Gasteiger charge is -2.00. The van der Waals surface area contributed by atoms with Gasteiger partial charge in [-0.15, -0.1) is 0 Å². The van der Waals surface area contributed by atoms with Crippen LogP contribution in [0.1, 0.15) is 11.1 Å². The van der Waals surface area contributed by atoms with E-state index in [1.54, 1.807) is 6.20 Å². The molecule has 0 unspecified atom stereocenters. The Morgan fingerprint density at radius 3 is 2.76 bits per heavy atom. The number of hydrogen-bond donors (Lipinski definition) is 1. The van der Waals surface area contributed by atoms with Gasteiger partial charge in [-0.25, -0.2) is 0 Å². The van der Waals surface area contributed by atoms with Gasteiger partial charge >= 0.3 is 0 Å². The number of aromatic nitrogens is 1. The Kier molecular flexibility index (Phi) is 2.57. The molecule has 1 aliphatic heterocycles. The van der Waals surface area contributed by atoms with Gasteiger partial charge in [-0.1, -0.05) is 36.4 Å². The molecule has 3 nitrogen and oxygen atoms in total. The Morgan fingerprint density at radius 1 is 1.00 bits per heavy atom. The number of para-hydroxylation sites is 2. The lowest BCUT2D eigenvalue weighted by molar-refractivity contribution is -0.110. The van der Waals surface area contributed by atoms with E-state index in [1.807, 2.05) is 60.7 Å². The van der Waals surface area contributed by atoms with Crippen LogP contribution in [0.5, 0.6) is 0 Å². The zero-order valence-electron chi connectivity index (χ0n) is 11.2. The van der Waals surface area contributed by atoms with Gasteiger partial charge in [0.15, 0.2) is 0 Å². The van der Waals surface area contributed by atoms with Crippen molar-refractivity contribution < 1.29 is 4.79 Å². The summed E-state index contributed by atoms with van der Waals surface area (Å²) in [6, 6.07) is 17.7. The number of amides is 1. The number of carbonyl (C=O) groups is 1. The second-order valence-electron chi connectivity index (χ2n) is 5.02. The van der Waals surface area contributed by atoms with Crippen molar-refractivity contribution in [1.82, 2.24) is 4.98 Å². The second-order valence-corrected chi connectivity index (χ2v) is 5.02. The first kappa shape index (κ1) is 11.9. The van der Waals surface area contributed by atoms with E-state index in [4.69, 9.17) is 0 Å². The molecule has 0 aliphatic carbocycles. The molecule has 0 radical (unpaired) electrons. The van der Waals surface area contributed by atoms with Crippen LogP contribution in [0, 0.1) is 0 Å². The van der Waals surface area contributed by atoms with Gasteiger partial charge in [-0.3, -0.25) is 9.78 Å². The number of benzene rings is 2.